The molecule has 0 aromatic heterocycles. The molecule has 0 aliphatic rings. The number of benzene rings is 3. The number of anilines is 1. The molecule has 3 rings (SSSR count). The first kappa shape index (κ1) is 20.3. The normalized spacial score (nSPS) is 10.4. The van der Waals surface area contributed by atoms with Gasteiger partial charge in [0.25, 0.3) is 0 Å². The van der Waals surface area contributed by atoms with Crippen LogP contribution in [0.25, 0.3) is 11.1 Å². The van der Waals surface area contributed by atoms with Crippen molar-refractivity contribution in [2.24, 2.45) is 0 Å². The van der Waals surface area contributed by atoms with Crippen molar-refractivity contribution in [1.82, 2.24) is 4.90 Å². The summed E-state index contributed by atoms with van der Waals surface area (Å²) in [5, 5.41) is 2.92. The van der Waals surface area contributed by atoms with Gasteiger partial charge in [0.2, 0.25) is 11.8 Å². The van der Waals surface area contributed by atoms with Crippen LogP contribution in [0.4, 0.5) is 5.69 Å². The second kappa shape index (κ2) is 9.20. The van der Waals surface area contributed by atoms with Gasteiger partial charge in [-0.2, -0.15) is 0 Å². The third kappa shape index (κ3) is 5.32. The Kier molecular flexibility index (Phi) is 6.45. The van der Waals surface area contributed by atoms with Gasteiger partial charge in [0, 0.05) is 12.7 Å². The molecule has 0 atom stereocenters. The van der Waals surface area contributed by atoms with Crippen molar-refractivity contribution in [2.75, 3.05) is 18.9 Å². The third-order valence-electron chi connectivity index (χ3n) is 4.97. The predicted octanol–water partition coefficient (Wildman–Crippen LogP) is 4.61. The van der Waals surface area contributed by atoms with Gasteiger partial charge >= 0.3 is 0 Å². The van der Waals surface area contributed by atoms with Gasteiger partial charge in [-0.15, -0.1) is 0 Å². The van der Waals surface area contributed by atoms with E-state index in [1.807, 2.05) is 74.5 Å². The largest absolute Gasteiger partial charge is 0.336 e. The summed E-state index contributed by atoms with van der Waals surface area (Å²) in [6.07, 6.45) is 0.266. The topological polar surface area (TPSA) is 49.4 Å². The summed E-state index contributed by atoms with van der Waals surface area (Å²) in [7, 11) is 1.66. The minimum absolute atomic E-state index is 0.0225. The van der Waals surface area contributed by atoms with Gasteiger partial charge < -0.3 is 10.2 Å². The Hall–Kier alpha value is -3.40. The fourth-order valence-corrected chi connectivity index (χ4v) is 3.25. The minimum atomic E-state index is -0.197. The fraction of sp³-hybridized carbons (Fsp3) is 0.200. The maximum absolute atomic E-state index is 12.5. The van der Waals surface area contributed by atoms with Crippen LogP contribution in [-0.2, 0) is 16.0 Å². The van der Waals surface area contributed by atoms with Crippen molar-refractivity contribution in [3.05, 3.63) is 89.5 Å². The van der Waals surface area contributed by atoms with Crippen LogP contribution >= 0.6 is 0 Å². The summed E-state index contributed by atoms with van der Waals surface area (Å²) in [5.74, 6) is -0.285. The van der Waals surface area contributed by atoms with E-state index < -0.39 is 0 Å². The number of nitrogens with one attached hydrogen (secondary N) is 1. The van der Waals surface area contributed by atoms with Crippen LogP contribution in [0.5, 0.6) is 0 Å². The predicted molar refractivity (Wildman–Crippen MR) is 118 cm³/mol. The number of amides is 2. The first-order valence-electron chi connectivity index (χ1n) is 9.68. The molecular weight excluding hydrogens is 360 g/mol. The zero-order valence-electron chi connectivity index (χ0n) is 17.1. The van der Waals surface area contributed by atoms with Crippen LogP contribution in [-0.4, -0.2) is 30.3 Å². The summed E-state index contributed by atoms with van der Waals surface area (Å²) in [6, 6.07) is 23.9. The lowest BCUT2D eigenvalue weighted by Crippen LogP contribution is -2.36. The van der Waals surface area contributed by atoms with Crippen LogP contribution in [0, 0.1) is 13.8 Å². The highest BCUT2D eigenvalue weighted by atomic mass is 16.2. The molecule has 0 saturated heterocycles. The second-order valence-corrected chi connectivity index (χ2v) is 7.30. The maximum Gasteiger partial charge on any atom is 0.243 e. The molecular formula is C25H26N2O2. The van der Waals surface area contributed by atoms with E-state index in [0.29, 0.717) is 0 Å². The van der Waals surface area contributed by atoms with Crippen LogP contribution in [0.3, 0.4) is 0 Å². The average Bonchev–Trinajstić information content (AvgIpc) is 2.72. The first-order valence-corrected chi connectivity index (χ1v) is 9.68. The molecule has 0 aliphatic heterocycles. The lowest BCUT2D eigenvalue weighted by molar-refractivity contribution is -0.132. The molecule has 0 saturated carbocycles. The number of rotatable bonds is 6. The van der Waals surface area contributed by atoms with Crippen molar-refractivity contribution in [1.29, 1.82) is 0 Å². The van der Waals surface area contributed by atoms with E-state index in [0.717, 1.165) is 33.5 Å². The highest BCUT2D eigenvalue weighted by Crippen LogP contribution is 2.20. The molecule has 0 radical (unpaired) electrons. The van der Waals surface area contributed by atoms with E-state index in [4.69, 9.17) is 0 Å². The monoisotopic (exact) mass is 386 g/mol. The average molecular weight is 386 g/mol. The Balaban J connectivity index is 1.57. The van der Waals surface area contributed by atoms with E-state index in [2.05, 4.69) is 17.4 Å². The van der Waals surface area contributed by atoms with Crippen molar-refractivity contribution >= 4 is 17.5 Å². The molecule has 2 amide bonds. The van der Waals surface area contributed by atoms with E-state index in [1.54, 1.807) is 7.05 Å². The summed E-state index contributed by atoms with van der Waals surface area (Å²) < 4.78 is 0. The Morgan fingerprint density at radius 2 is 1.38 bits per heavy atom. The molecule has 4 heteroatoms. The number of hydrogen-bond acceptors (Lipinski definition) is 2. The van der Waals surface area contributed by atoms with Crippen molar-refractivity contribution in [3.8, 4) is 11.1 Å². The zero-order chi connectivity index (χ0) is 20.8. The van der Waals surface area contributed by atoms with Crippen LogP contribution < -0.4 is 5.32 Å². The molecule has 4 nitrogen and oxygen atoms in total. The van der Waals surface area contributed by atoms with Crippen molar-refractivity contribution < 1.29 is 9.59 Å². The standard InChI is InChI=1S/C25H26N2O2/c1-18-8-7-9-19(2)25(18)26-23(28)17-27(3)24(29)16-20-12-14-22(15-13-20)21-10-5-4-6-11-21/h4-15H,16-17H2,1-3H3,(H,26,28). The van der Waals surface area contributed by atoms with Crippen LogP contribution in [0.2, 0.25) is 0 Å². The Bertz CT molecular complexity index is 975. The lowest BCUT2D eigenvalue weighted by Gasteiger charge is -2.18. The van der Waals surface area contributed by atoms with Gasteiger partial charge in [0.1, 0.15) is 0 Å². The van der Waals surface area contributed by atoms with E-state index in [9.17, 15) is 9.59 Å². The molecule has 29 heavy (non-hydrogen) atoms. The Morgan fingerprint density at radius 3 is 2.00 bits per heavy atom. The van der Waals surface area contributed by atoms with E-state index >= 15 is 0 Å². The second-order valence-electron chi connectivity index (χ2n) is 7.30. The van der Waals surface area contributed by atoms with Crippen molar-refractivity contribution in [2.45, 2.75) is 20.3 Å². The fourth-order valence-electron chi connectivity index (χ4n) is 3.25. The number of carbonyl (C=O) groups is 2. The number of nitrogens with zero attached hydrogens (tertiary/aromatic N) is 1. The number of para-hydroxylation sites is 1. The quantitative estimate of drug-likeness (QED) is 0.673. The summed E-state index contributed by atoms with van der Waals surface area (Å²) in [4.78, 5) is 26.4. The maximum atomic E-state index is 12.5. The summed E-state index contributed by atoms with van der Waals surface area (Å²) >= 11 is 0. The number of likely N-dealkylation sites (N-methyl/N-ethyl adjacent to an activating group) is 1. The number of carbonyl (C=O) groups excluding carboxylic acids is 2. The smallest absolute Gasteiger partial charge is 0.243 e. The van der Waals surface area contributed by atoms with E-state index in [-0.39, 0.29) is 24.8 Å². The van der Waals surface area contributed by atoms with Gasteiger partial charge in [-0.3, -0.25) is 9.59 Å². The Morgan fingerprint density at radius 1 is 0.793 bits per heavy atom. The molecule has 0 spiro atoms. The Labute approximate surface area is 172 Å². The third-order valence-corrected chi connectivity index (χ3v) is 4.97. The molecule has 0 bridgehead atoms. The van der Waals surface area contributed by atoms with Crippen LogP contribution in [0.15, 0.2) is 72.8 Å². The first-order chi connectivity index (χ1) is 13.9. The number of hydrogen-bond donors (Lipinski definition) is 1. The minimum Gasteiger partial charge on any atom is -0.336 e. The molecule has 148 valence electrons. The molecule has 0 fully saturated rings. The molecule has 1 N–H and O–H groups in total. The zero-order valence-corrected chi connectivity index (χ0v) is 17.1. The summed E-state index contributed by atoms with van der Waals surface area (Å²) in [5.41, 5.74) is 6.01. The van der Waals surface area contributed by atoms with Gasteiger partial charge in [-0.1, -0.05) is 72.8 Å². The highest BCUT2D eigenvalue weighted by Gasteiger charge is 2.15. The van der Waals surface area contributed by atoms with Crippen LogP contribution in [0.1, 0.15) is 16.7 Å². The number of aryl methyl sites for hydroxylation is 2. The van der Waals surface area contributed by atoms with Gasteiger partial charge in [-0.25, -0.2) is 0 Å². The molecule has 0 aliphatic carbocycles. The van der Waals surface area contributed by atoms with Crippen molar-refractivity contribution in [3.63, 3.8) is 0 Å². The van der Waals surface area contributed by atoms with Gasteiger partial charge in [-0.05, 0) is 41.7 Å². The van der Waals surface area contributed by atoms with E-state index in [1.165, 1.54) is 4.90 Å². The SMILES string of the molecule is Cc1cccc(C)c1NC(=O)CN(C)C(=O)Cc1ccc(-c2ccccc2)cc1. The molecule has 0 heterocycles. The lowest BCUT2D eigenvalue weighted by atomic mass is 10.0. The summed E-state index contributed by atoms with van der Waals surface area (Å²) in [6.45, 7) is 3.93. The molecule has 3 aromatic carbocycles. The van der Waals surface area contributed by atoms with Gasteiger partial charge in [0.05, 0.1) is 13.0 Å². The highest BCUT2D eigenvalue weighted by molar-refractivity contribution is 5.95. The van der Waals surface area contributed by atoms with Gasteiger partial charge in [0.15, 0.2) is 0 Å². The molecule has 0 unspecified atom stereocenters. The molecule has 3 aromatic rings.